The smallest absolute Gasteiger partial charge is 0.322 e. The van der Waals surface area contributed by atoms with Crippen LogP contribution >= 0.6 is 15.9 Å². The first kappa shape index (κ1) is 14.0. The van der Waals surface area contributed by atoms with Crippen LogP contribution in [0, 0.1) is 13.8 Å². The molecule has 0 radical (unpaired) electrons. The van der Waals surface area contributed by atoms with Crippen LogP contribution in [0.5, 0.6) is 11.8 Å². The minimum Gasteiger partial charge on any atom is -0.424 e. The number of aromatic nitrogens is 2. The molecule has 0 aliphatic rings. The maximum absolute atomic E-state index is 5.71. The van der Waals surface area contributed by atoms with Crippen LogP contribution < -0.4 is 10.1 Å². The van der Waals surface area contributed by atoms with Crippen molar-refractivity contribution in [3.05, 3.63) is 45.7 Å². The quantitative estimate of drug-likeness (QED) is 0.937. The molecule has 0 atom stereocenters. The van der Waals surface area contributed by atoms with Gasteiger partial charge in [0.05, 0.1) is 0 Å². The second-order valence-corrected chi connectivity index (χ2v) is 5.22. The van der Waals surface area contributed by atoms with Gasteiger partial charge in [0.1, 0.15) is 5.75 Å². The van der Waals surface area contributed by atoms with Crippen molar-refractivity contribution in [1.82, 2.24) is 15.3 Å². The van der Waals surface area contributed by atoms with Crippen LogP contribution in [0.4, 0.5) is 0 Å². The van der Waals surface area contributed by atoms with Crippen molar-refractivity contribution in [2.24, 2.45) is 0 Å². The number of hydrogen-bond acceptors (Lipinski definition) is 4. The molecule has 2 rings (SSSR count). The van der Waals surface area contributed by atoms with Crippen molar-refractivity contribution in [3.8, 4) is 11.8 Å². The Bertz CT molecular complexity index is 587. The summed E-state index contributed by atoms with van der Waals surface area (Å²) in [7, 11) is 1.90. The van der Waals surface area contributed by atoms with Crippen LogP contribution in [-0.2, 0) is 6.54 Å². The van der Waals surface area contributed by atoms with E-state index < -0.39 is 0 Å². The monoisotopic (exact) mass is 321 g/mol. The van der Waals surface area contributed by atoms with Gasteiger partial charge in [0.2, 0.25) is 0 Å². The summed E-state index contributed by atoms with van der Waals surface area (Å²) in [6, 6.07) is 6.21. The topological polar surface area (TPSA) is 47.0 Å². The Kier molecular flexibility index (Phi) is 4.50. The third-order valence-corrected chi connectivity index (χ3v) is 3.26. The summed E-state index contributed by atoms with van der Waals surface area (Å²) in [5, 5.41) is 3.08. The normalized spacial score (nSPS) is 10.5. The Morgan fingerprint density at radius 1 is 1.32 bits per heavy atom. The zero-order valence-corrected chi connectivity index (χ0v) is 12.8. The van der Waals surface area contributed by atoms with Crippen molar-refractivity contribution in [2.75, 3.05) is 7.05 Å². The van der Waals surface area contributed by atoms with Crippen LogP contribution in [-0.4, -0.2) is 17.0 Å². The molecule has 0 fully saturated rings. The van der Waals surface area contributed by atoms with Crippen LogP contribution in [0.25, 0.3) is 0 Å². The molecule has 0 aliphatic heterocycles. The lowest BCUT2D eigenvalue weighted by molar-refractivity contribution is 0.436. The number of ether oxygens (including phenoxy) is 1. The van der Waals surface area contributed by atoms with Crippen molar-refractivity contribution < 1.29 is 4.74 Å². The summed E-state index contributed by atoms with van der Waals surface area (Å²) in [5.41, 5.74) is 3.03. The van der Waals surface area contributed by atoms with Gasteiger partial charge in [-0.15, -0.1) is 0 Å². The molecule has 0 bridgehead atoms. The average Bonchev–Trinajstić information content (AvgIpc) is 2.36. The van der Waals surface area contributed by atoms with Gasteiger partial charge >= 0.3 is 6.01 Å². The maximum Gasteiger partial charge on any atom is 0.322 e. The van der Waals surface area contributed by atoms with Crippen LogP contribution in [0.3, 0.4) is 0 Å². The van der Waals surface area contributed by atoms with Crippen LogP contribution in [0.15, 0.2) is 28.9 Å². The number of halogens is 1. The van der Waals surface area contributed by atoms with Gasteiger partial charge in [-0.2, -0.15) is 4.98 Å². The Morgan fingerprint density at radius 3 is 2.74 bits per heavy atom. The molecular formula is C14H16BrN3O. The molecule has 1 N–H and O–H groups in total. The summed E-state index contributed by atoms with van der Waals surface area (Å²) in [6.45, 7) is 4.70. The highest BCUT2D eigenvalue weighted by Gasteiger charge is 2.07. The predicted molar refractivity (Wildman–Crippen MR) is 78.5 cm³/mol. The lowest BCUT2D eigenvalue weighted by Gasteiger charge is -2.09. The minimum absolute atomic E-state index is 0.378. The lowest BCUT2D eigenvalue weighted by Crippen LogP contribution is -2.08. The van der Waals surface area contributed by atoms with Crippen molar-refractivity contribution in [1.29, 1.82) is 0 Å². The molecule has 1 heterocycles. The van der Waals surface area contributed by atoms with E-state index in [4.69, 9.17) is 4.74 Å². The van der Waals surface area contributed by atoms with E-state index in [-0.39, 0.29) is 0 Å². The Labute approximate surface area is 121 Å². The van der Waals surface area contributed by atoms with Gasteiger partial charge in [0.15, 0.2) is 0 Å². The second kappa shape index (κ2) is 6.12. The standard InChI is InChI=1S/C14H16BrN3O/c1-9-6-12(15)4-5-13(9)19-14-17-8-11(7-16-3)10(2)18-14/h4-6,8,16H,7H2,1-3H3. The Morgan fingerprint density at radius 2 is 2.11 bits per heavy atom. The number of rotatable bonds is 4. The van der Waals surface area contributed by atoms with Gasteiger partial charge in [-0.25, -0.2) is 4.98 Å². The van der Waals surface area contributed by atoms with Gasteiger partial charge in [-0.1, -0.05) is 15.9 Å². The van der Waals surface area contributed by atoms with E-state index in [0.717, 1.165) is 33.6 Å². The minimum atomic E-state index is 0.378. The van der Waals surface area contributed by atoms with E-state index in [9.17, 15) is 0 Å². The predicted octanol–water partition coefficient (Wildman–Crippen LogP) is 3.37. The molecule has 0 saturated carbocycles. The molecule has 0 amide bonds. The van der Waals surface area contributed by atoms with Gasteiger partial charge < -0.3 is 10.1 Å². The van der Waals surface area contributed by atoms with E-state index in [1.807, 2.05) is 39.1 Å². The van der Waals surface area contributed by atoms with E-state index in [0.29, 0.717) is 6.01 Å². The van der Waals surface area contributed by atoms with E-state index >= 15 is 0 Å². The number of nitrogens with zero attached hydrogens (tertiary/aromatic N) is 2. The number of aryl methyl sites for hydroxylation is 2. The van der Waals surface area contributed by atoms with Gasteiger partial charge in [-0.3, -0.25) is 0 Å². The molecule has 5 heteroatoms. The first-order chi connectivity index (χ1) is 9.10. The van der Waals surface area contributed by atoms with E-state index in [2.05, 4.69) is 31.2 Å². The van der Waals surface area contributed by atoms with Crippen molar-refractivity contribution >= 4 is 15.9 Å². The zero-order valence-electron chi connectivity index (χ0n) is 11.2. The second-order valence-electron chi connectivity index (χ2n) is 4.31. The lowest BCUT2D eigenvalue weighted by atomic mass is 10.2. The third kappa shape index (κ3) is 3.52. The molecule has 4 nitrogen and oxygen atoms in total. The van der Waals surface area contributed by atoms with Crippen molar-refractivity contribution in [3.63, 3.8) is 0 Å². The molecule has 1 aromatic carbocycles. The molecule has 2 aromatic rings. The molecule has 0 unspecified atom stereocenters. The van der Waals surface area contributed by atoms with Crippen molar-refractivity contribution in [2.45, 2.75) is 20.4 Å². The van der Waals surface area contributed by atoms with Crippen LogP contribution in [0.2, 0.25) is 0 Å². The fourth-order valence-corrected chi connectivity index (χ4v) is 2.19. The summed E-state index contributed by atoms with van der Waals surface area (Å²) in [5.74, 6) is 0.768. The highest BCUT2D eigenvalue weighted by Crippen LogP contribution is 2.25. The zero-order chi connectivity index (χ0) is 13.8. The summed E-state index contributed by atoms with van der Waals surface area (Å²) in [6.07, 6.45) is 1.79. The SMILES string of the molecule is CNCc1cnc(Oc2ccc(Br)cc2C)nc1C. The fraction of sp³-hybridized carbons (Fsp3) is 0.286. The van der Waals surface area contributed by atoms with Gasteiger partial charge in [0, 0.05) is 28.5 Å². The fourth-order valence-electron chi connectivity index (χ4n) is 1.71. The molecule has 1 aromatic heterocycles. The number of benzene rings is 1. The highest BCUT2D eigenvalue weighted by atomic mass is 79.9. The highest BCUT2D eigenvalue weighted by molar-refractivity contribution is 9.10. The van der Waals surface area contributed by atoms with Gasteiger partial charge in [-0.05, 0) is 44.7 Å². The summed E-state index contributed by atoms with van der Waals surface area (Å²) in [4.78, 5) is 8.60. The maximum atomic E-state index is 5.71. The molecule has 0 saturated heterocycles. The molecule has 0 aliphatic carbocycles. The molecule has 0 spiro atoms. The molecular weight excluding hydrogens is 306 g/mol. The average molecular weight is 322 g/mol. The first-order valence-corrected chi connectivity index (χ1v) is 6.80. The summed E-state index contributed by atoms with van der Waals surface area (Å²) < 4.78 is 6.74. The number of nitrogens with one attached hydrogen (secondary N) is 1. The Hall–Kier alpha value is -1.46. The largest absolute Gasteiger partial charge is 0.424 e. The third-order valence-electron chi connectivity index (χ3n) is 2.76. The summed E-state index contributed by atoms with van der Waals surface area (Å²) >= 11 is 3.43. The Balaban J connectivity index is 2.21. The van der Waals surface area contributed by atoms with Gasteiger partial charge in [0.25, 0.3) is 0 Å². The van der Waals surface area contributed by atoms with E-state index in [1.165, 1.54) is 0 Å². The molecule has 100 valence electrons. The van der Waals surface area contributed by atoms with E-state index in [1.54, 1.807) is 6.20 Å². The molecule has 19 heavy (non-hydrogen) atoms. The number of hydrogen-bond donors (Lipinski definition) is 1. The first-order valence-electron chi connectivity index (χ1n) is 6.01. The van der Waals surface area contributed by atoms with Crippen LogP contribution in [0.1, 0.15) is 16.8 Å².